The number of rotatable bonds is 3. The normalized spacial score (nSPS) is 11.8. The number of benzene rings is 1. The van der Waals surface area contributed by atoms with Gasteiger partial charge in [-0.05, 0) is 11.1 Å². The molecule has 4 heteroatoms. The largest absolute Gasteiger partial charge is 0.396 e. The van der Waals surface area contributed by atoms with Crippen molar-refractivity contribution in [3.05, 3.63) is 46.3 Å². The maximum Gasteiger partial charge on any atom is 0.0856 e. The second-order valence-electron chi connectivity index (χ2n) is 2.31. The molecule has 0 unspecified atom stereocenters. The van der Waals surface area contributed by atoms with Crippen LogP contribution in [0, 0.1) is 0 Å². The van der Waals surface area contributed by atoms with Crippen LogP contribution < -0.4 is 0 Å². The molecule has 1 rings (SSSR count). The van der Waals surface area contributed by atoms with Crippen LogP contribution in [0.2, 0.25) is 0 Å². The number of azide groups is 1. The summed E-state index contributed by atoms with van der Waals surface area (Å²) in [5.74, 6) is 0. The fraction of sp³-hybridized carbons (Fsp3) is 0.250. The first-order chi connectivity index (χ1) is 5.88. The number of aliphatic hydroxyl groups is 1. The lowest BCUT2D eigenvalue weighted by molar-refractivity contribution is 0.268. The van der Waals surface area contributed by atoms with Gasteiger partial charge in [-0.1, -0.05) is 35.4 Å². The molecule has 12 heavy (non-hydrogen) atoms. The monoisotopic (exact) mass is 163 g/mol. The number of aliphatic hydroxyl groups excluding tert-OH is 1. The maximum absolute atomic E-state index is 8.85. The van der Waals surface area contributed by atoms with Crippen molar-refractivity contribution in [3.8, 4) is 0 Å². The van der Waals surface area contributed by atoms with Crippen LogP contribution in [0.4, 0.5) is 0 Å². The van der Waals surface area contributed by atoms with Gasteiger partial charge in [-0.2, -0.15) is 0 Å². The van der Waals surface area contributed by atoms with Crippen LogP contribution in [0.3, 0.4) is 0 Å². The molecule has 0 heterocycles. The second kappa shape index (κ2) is 4.38. The molecule has 0 aliphatic heterocycles. The molecule has 0 amide bonds. The Bertz CT molecular complexity index is 280. The molecule has 0 aliphatic rings. The van der Waals surface area contributed by atoms with Gasteiger partial charge in [0.05, 0.1) is 12.6 Å². The Morgan fingerprint density at radius 1 is 1.42 bits per heavy atom. The van der Waals surface area contributed by atoms with E-state index in [1.165, 1.54) is 0 Å². The third kappa shape index (κ3) is 1.99. The molecular weight excluding hydrogens is 154 g/mol. The van der Waals surface area contributed by atoms with Gasteiger partial charge in [0.2, 0.25) is 0 Å². The van der Waals surface area contributed by atoms with Crippen LogP contribution >= 0.6 is 0 Å². The molecule has 1 aromatic rings. The molecule has 0 saturated heterocycles. The zero-order valence-corrected chi connectivity index (χ0v) is 6.46. The highest BCUT2D eigenvalue weighted by atomic mass is 16.3. The van der Waals surface area contributed by atoms with Crippen molar-refractivity contribution >= 4 is 0 Å². The van der Waals surface area contributed by atoms with Crippen molar-refractivity contribution < 1.29 is 5.11 Å². The van der Waals surface area contributed by atoms with E-state index < -0.39 is 6.04 Å². The van der Waals surface area contributed by atoms with E-state index in [9.17, 15) is 0 Å². The van der Waals surface area contributed by atoms with Gasteiger partial charge in [0, 0.05) is 4.91 Å². The van der Waals surface area contributed by atoms with Crippen LogP contribution in [0.15, 0.2) is 35.4 Å². The Kier molecular flexibility index (Phi) is 3.14. The van der Waals surface area contributed by atoms with Crippen molar-refractivity contribution in [1.29, 1.82) is 0 Å². The van der Waals surface area contributed by atoms with E-state index in [4.69, 9.17) is 10.6 Å². The predicted octanol–water partition coefficient (Wildman–Crippen LogP) is 2.03. The molecule has 0 fully saturated rings. The first-order valence-electron chi connectivity index (χ1n) is 3.58. The summed E-state index contributed by atoms with van der Waals surface area (Å²) < 4.78 is 0. The van der Waals surface area contributed by atoms with E-state index >= 15 is 0 Å². The minimum Gasteiger partial charge on any atom is -0.396 e. The molecule has 62 valence electrons. The summed E-state index contributed by atoms with van der Waals surface area (Å²) in [6.07, 6.45) is 0. The lowest BCUT2D eigenvalue weighted by Crippen LogP contribution is -1.98. The number of nitrogens with zero attached hydrogens (tertiary/aromatic N) is 3. The van der Waals surface area contributed by atoms with E-state index in [2.05, 4.69) is 10.0 Å². The van der Waals surface area contributed by atoms with Gasteiger partial charge < -0.3 is 5.11 Å². The van der Waals surface area contributed by atoms with Crippen LogP contribution in [0.1, 0.15) is 11.6 Å². The van der Waals surface area contributed by atoms with Gasteiger partial charge in [0.15, 0.2) is 0 Å². The van der Waals surface area contributed by atoms with Crippen LogP contribution in [-0.4, -0.2) is 11.7 Å². The Balaban J connectivity index is 2.87. The van der Waals surface area contributed by atoms with Crippen molar-refractivity contribution in [2.24, 2.45) is 5.11 Å². The van der Waals surface area contributed by atoms with Crippen molar-refractivity contribution in [1.82, 2.24) is 0 Å². The Morgan fingerprint density at radius 3 is 2.58 bits per heavy atom. The fourth-order valence-corrected chi connectivity index (χ4v) is 0.946. The third-order valence-electron chi connectivity index (χ3n) is 1.55. The molecule has 1 atom stereocenters. The van der Waals surface area contributed by atoms with Gasteiger partial charge >= 0.3 is 0 Å². The SMILES string of the molecule is [N-]=[N+]=N[C@@H](CO)c1ccccc1. The van der Waals surface area contributed by atoms with E-state index in [1.807, 2.05) is 30.3 Å². The molecular formula is C8H9N3O. The molecule has 0 radical (unpaired) electrons. The molecule has 0 aliphatic carbocycles. The summed E-state index contributed by atoms with van der Waals surface area (Å²) in [7, 11) is 0. The van der Waals surface area contributed by atoms with E-state index in [-0.39, 0.29) is 6.61 Å². The third-order valence-corrected chi connectivity index (χ3v) is 1.55. The molecule has 0 aromatic heterocycles. The minimum absolute atomic E-state index is 0.159. The lowest BCUT2D eigenvalue weighted by atomic mass is 10.1. The zero-order valence-electron chi connectivity index (χ0n) is 6.46. The van der Waals surface area contributed by atoms with Crippen LogP contribution in [0.5, 0.6) is 0 Å². The van der Waals surface area contributed by atoms with Crippen molar-refractivity contribution in [2.45, 2.75) is 6.04 Å². The quantitative estimate of drug-likeness (QED) is 0.413. The summed E-state index contributed by atoms with van der Waals surface area (Å²) in [6, 6.07) is 8.71. The van der Waals surface area contributed by atoms with Crippen LogP contribution in [-0.2, 0) is 0 Å². The standard InChI is InChI=1S/C8H9N3O/c9-11-10-8(6-12)7-4-2-1-3-5-7/h1-5,8,12H,6H2/t8-/m0/s1. The van der Waals surface area contributed by atoms with Gasteiger partial charge in [0.1, 0.15) is 0 Å². The second-order valence-corrected chi connectivity index (χ2v) is 2.31. The van der Waals surface area contributed by atoms with Gasteiger partial charge in [-0.25, -0.2) is 0 Å². The molecule has 1 N–H and O–H groups in total. The molecule has 0 saturated carbocycles. The highest BCUT2D eigenvalue weighted by Crippen LogP contribution is 2.15. The first kappa shape index (κ1) is 8.59. The Hall–Kier alpha value is -1.51. The molecule has 0 bridgehead atoms. The number of hydrogen-bond donors (Lipinski definition) is 1. The highest BCUT2D eigenvalue weighted by molar-refractivity contribution is 5.18. The summed E-state index contributed by atoms with van der Waals surface area (Å²) in [4.78, 5) is 2.65. The summed E-state index contributed by atoms with van der Waals surface area (Å²) in [5, 5.41) is 12.3. The van der Waals surface area contributed by atoms with Crippen molar-refractivity contribution in [2.75, 3.05) is 6.61 Å². The van der Waals surface area contributed by atoms with Crippen molar-refractivity contribution in [3.63, 3.8) is 0 Å². The van der Waals surface area contributed by atoms with E-state index in [0.717, 1.165) is 5.56 Å². The number of hydrogen-bond acceptors (Lipinski definition) is 2. The lowest BCUT2D eigenvalue weighted by Gasteiger charge is -2.05. The maximum atomic E-state index is 8.85. The fourth-order valence-electron chi connectivity index (χ4n) is 0.946. The highest BCUT2D eigenvalue weighted by Gasteiger charge is 2.05. The van der Waals surface area contributed by atoms with Gasteiger partial charge in [-0.15, -0.1) is 0 Å². The summed E-state index contributed by atoms with van der Waals surface area (Å²) >= 11 is 0. The minimum atomic E-state index is -0.462. The topological polar surface area (TPSA) is 69.0 Å². The zero-order chi connectivity index (χ0) is 8.81. The van der Waals surface area contributed by atoms with Gasteiger partial charge in [0.25, 0.3) is 0 Å². The average molecular weight is 163 g/mol. The molecule has 0 spiro atoms. The Morgan fingerprint density at radius 2 is 2.08 bits per heavy atom. The smallest absolute Gasteiger partial charge is 0.0856 e. The summed E-state index contributed by atoms with van der Waals surface area (Å²) in [5.41, 5.74) is 9.01. The average Bonchev–Trinajstić information content (AvgIpc) is 2.15. The first-order valence-corrected chi connectivity index (χ1v) is 3.58. The summed E-state index contributed by atoms with van der Waals surface area (Å²) in [6.45, 7) is -0.159. The Labute approximate surface area is 70.1 Å². The molecule has 4 nitrogen and oxygen atoms in total. The van der Waals surface area contributed by atoms with Gasteiger partial charge in [-0.3, -0.25) is 0 Å². The molecule has 1 aromatic carbocycles. The predicted molar refractivity (Wildman–Crippen MR) is 45.4 cm³/mol. The van der Waals surface area contributed by atoms with E-state index in [0.29, 0.717) is 0 Å². The van der Waals surface area contributed by atoms with E-state index in [1.54, 1.807) is 0 Å². The van der Waals surface area contributed by atoms with Crippen LogP contribution in [0.25, 0.3) is 10.4 Å².